The maximum atomic E-state index is 11.7. The van der Waals surface area contributed by atoms with E-state index in [9.17, 15) is 14.8 Å². The van der Waals surface area contributed by atoms with Crippen LogP contribution in [0.2, 0.25) is 0 Å². The van der Waals surface area contributed by atoms with E-state index in [-0.39, 0.29) is 5.69 Å². The number of carbonyl (C=O) groups excluding carboxylic acids is 1. The number of nitrogens with one attached hydrogen (secondary N) is 1. The quantitative estimate of drug-likeness (QED) is 0.325. The van der Waals surface area contributed by atoms with Crippen LogP contribution in [0.4, 0.5) is 5.82 Å². The maximum absolute atomic E-state index is 11.7. The molecule has 4 aromatic rings. The summed E-state index contributed by atoms with van der Waals surface area (Å²) >= 11 is 0. The molecular formula is C20H20BN7O3. The van der Waals surface area contributed by atoms with Crippen molar-refractivity contribution in [3.05, 3.63) is 65.0 Å². The summed E-state index contributed by atoms with van der Waals surface area (Å²) in [5, 5.41) is 30.2. The van der Waals surface area contributed by atoms with E-state index >= 15 is 0 Å². The highest BCUT2D eigenvalue weighted by atomic mass is 16.4. The number of aromatic nitrogens is 5. The van der Waals surface area contributed by atoms with Gasteiger partial charge in [0.05, 0.1) is 5.52 Å². The number of rotatable bonds is 6. The first kappa shape index (κ1) is 20.4. The molecule has 0 aliphatic heterocycles. The molecule has 0 fully saturated rings. The van der Waals surface area contributed by atoms with E-state index in [0.717, 1.165) is 16.8 Å². The lowest BCUT2D eigenvalue weighted by molar-refractivity contribution is 0.0993. The van der Waals surface area contributed by atoms with Crippen LogP contribution in [0.25, 0.3) is 17.0 Å². The first-order chi connectivity index (χ1) is 14.8. The number of amides is 1. The number of pyridine rings is 1. The molecule has 0 saturated carbocycles. The lowest BCUT2D eigenvalue weighted by Gasteiger charge is -2.12. The highest BCUT2D eigenvalue weighted by Gasteiger charge is 2.18. The SMILES string of the molecule is Cc1nc(-c2nnn3c(C(N)=O)cccc23)nc(NCc2cccc(B(O)O)c2)c1C. The average molecular weight is 417 g/mol. The van der Waals surface area contributed by atoms with Crippen LogP contribution in [0.15, 0.2) is 42.5 Å². The number of nitrogens with two attached hydrogens (primary N) is 1. The Hall–Kier alpha value is -3.83. The molecule has 0 radical (unpaired) electrons. The molecule has 3 aromatic heterocycles. The van der Waals surface area contributed by atoms with Gasteiger partial charge in [-0.05, 0) is 37.0 Å². The summed E-state index contributed by atoms with van der Waals surface area (Å²) in [5.74, 6) is 0.368. The van der Waals surface area contributed by atoms with Gasteiger partial charge in [-0.2, -0.15) is 0 Å². The Kier molecular flexibility index (Phi) is 5.36. The molecule has 5 N–H and O–H groups in total. The highest BCUT2D eigenvalue weighted by Crippen LogP contribution is 2.24. The lowest BCUT2D eigenvalue weighted by atomic mass is 9.80. The summed E-state index contributed by atoms with van der Waals surface area (Å²) < 4.78 is 1.37. The topological polar surface area (TPSA) is 152 Å². The number of aryl methyl sites for hydroxylation is 1. The Morgan fingerprint density at radius 1 is 1.16 bits per heavy atom. The number of primary amides is 1. The van der Waals surface area contributed by atoms with Crippen molar-refractivity contribution in [2.24, 2.45) is 5.73 Å². The molecule has 0 aliphatic carbocycles. The second-order valence-corrected chi connectivity index (χ2v) is 7.09. The normalized spacial score (nSPS) is 11.0. The van der Waals surface area contributed by atoms with Crippen LogP contribution in [0.1, 0.15) is 27.3 Å². The Labute approximate surface area is 177 Å². The molecule has 0 bridgehead atoms. The van der Waals surface area contributed by atoms with Gasteiger partial charge in [0, 0.05) is 17.8 Å². The largest absolute Gasteiger partial charge is 0.488 e. The second kappa shape index (κ2) is 8.13. The van der Waals surface area contributed by atoms with Crippen molar-refractivity contribution in [2.75, 3.05) is 5.32 Å². The molecule has 0 unspecified atom stereocenters. The third kappa shape index (κ3) is 3.96. The number of hydrogen-bond acceptors (Lipinski definition) is 8. The smallest absolute Gasteiger partial charge is 0.423 e. The van der Waals surface area contributed by atoms with Gasteiger partial charge in [0.15, 0.2) is 11.5 Å². The van der Waals surface area contributed by atoms with Gasteiger partial charge in [-0.3, -0.25) is 4.79 Å². The van der Waals surface area contributed by atoms with Crippen molar-refractivity contribution in [1.29, 1.82) is 0 Å². The molecule has 0 spiro atoms. The van der Waals surface area contributed by atoms with Crippen molar-refractivity contribution in [3.8, 4) is 11.5 Å². The van der Waals surface area contributed by atoms with Crippen LogP contribution >= 0.6 is 0 Å². The minimum atomic E-state index is -1.53. The molecule has 156 valence electrons. The zero-order valence-corrected chi connectivity index (χ0v) is 16.9. The fraction of sp³-hybridized carbons (Fsp3) is 0.150. The van der Waals surface area contributed by atoms with E-state index in [1.54, 1.807) is 36.4 Å². The van der Waals surface area contributed by atoms with Crippen molar-refractivity contribution >= 4 is 29.8 Å². The number of fused-ring (bicyclic) bond motifs is 1. The van der Waals surface area contributed by atoms with Gasteiger partial charge in [0.1, 0.15) is 11.5 Å². The minimum Gasteiger partial charge on any atom is -0.423 e. The average Bonchev–Trinajstić information content (AvgIpc) is 3.19. The van der Waals surface area contributed by atoms with Crippen LogP contribution in [0, 0.1) is 13.8 Å². The van der Waals surface area contributed by atoms with E-state index in [4.69, 9.17) is 5.73 Å². The van der Waals surface area contributed by atoms with E-state index in [1.807, 2.05) is 19.9 Å². The molecule has 31 heavy (non-hydrogen) atoms. The summed E-state index contributed by atoms with van der Waals surface area (Å²) in [6.07, 6.45) is 0. The number of hydrogen-bond donors (Lipinski definition) is 4. The summed E-state index contributed by atoms with van der Waals surface area (Å²) in [7, 11) is -1.53. The molecule has 1 amide bonds. The van der Waals surface area contributed by atoms with Crippen LogP contribution in [0.3, 0.4) is 0 Å². The molecule has 10 nitrogen and oxygen atoms in total. The van der Waals surface area contributed by atoms with Crippen molar-refractivity contribution in [3.63, 3.8) is 0 Å². The molecule has 0 atom stereocenters. The maximum Gasteiger partial charge on any atom is 0.488 e. The van der Waals surface area contributed by atoms with Gasteiger partial charge in [-0.25, -0.2) is 14.5 Å². The Morgan fingerprint density at radius 2 is 1.94 bits per heavy atom. The lowest BCUT2D eigenvalue weighted by Crippen LogP contribution is -2.30. The molecule has 4 rings (SSSR count). The summed E-state index contributed by atoms with van der Waals surface area (Å²) in [6.45, 7) is 4.20. The zero-order valence-electron chi connectivity index (χ0n) is 16.9. The van der Waals surface area contributed by atoms with Gasteiger partial charge in [-0.15, -0.1) is 5.10 Å². The third-order valence-corrected chi connectivity index (χ3v) is 5.00. The molecular weight excluding hydrogens is 397 g/mol. The fourth-order valence-electron chi connectivity index (χ4n) is 3.22. The van der Waals surface area contributed by atoms with E-state index < -0.39 is 13.0 Å². The van der Waals surface area contributed by atoms with E-state index in [2.05, 4.69) is 25.6 Å². The Morgan fingerprint density at radius 3 is 2.68 bits per heavy atom. The van der Waals surface area contributed by atoms with Gasteiger partial charge in [0.25, 0.3) is 5.91 Å². The van der Waals surface area contributed by atoms with Crippen molar-refractivity contribution in [1.82, 2.24) is 24.8 Å². The van der Waals surface area contributed by atoms with Gasteiger partial charge >= 0.3 is 7.12 Å². The van der Waals surface area contributed by atoms with Crippen molar-refractivity contribution in [2.45, 2.75) is 20.4 Å². The highest BCUT2D eigenvalue weighted by molar-refractivity contribution is 6.58. The Balaban J connectivity index is 1.69. The summed E-state index contributed by atoms with van der Waals surface area (Å²) in [6, 6.07) is 12.0. The minimum absolute atomic E-state index is 0.212. The monoisotopic (exact) mass is 417 g/mol. The Bertz CT molecular complexity index is 1290. The van der Waals surface area contributed by atoms with Crippen LogP contribution < -0.4 is 16.5 Å². The van der Waals surface area contributed by atoms with Crippen LogP contribution in [-0.4, -0.2) is 47.9 Å². The molecule has 3 heterocycles. The standard InChI is InChI=1S/C20H20BN7O3/c1-11-12(2)24-20(17-15-7-4-8-16(18(22)29)28(15)27-26-17)25-19(11)23-10-13-5-3-6-14(9-13)21(30)31/h3-9,30-31H,10H2,1-2H3,(H2,22,29)(H,23,24,25). The first-order valence-electron chi connectivity index (χ1n) is 9.54. The molecule has 0 aliphatic rings. The first-order valence-corrected chi connectivity index (χ1v) is 9.54. The van der Waals surface area contributed by atoms with E-state index in [1.165, 1.54) is 4.52 Å². The fourth-order valence-corrected chi connectivity index (χ4v) is 3.22. The van der Waals surface area contributed by atoms with Gasteiger partial charge in [-0.1, -0.05) is 35.5 Å². The summed E-state index contributed by atoms with van der Waals surface area (Å²) in [5.41, 5.74) is 9.54. The molecule has 0 saturated heterocycles. The van der Waals surface area contributed by atoms with Gasteiger partial charge in [0.2, 0.25) is 0 Å². The van der Waals surface area contributed by atoms with Crippen LogP contribution in [0.5, 0.6) is 0 Å². The molecule has 11 heteroatoms. The van der Waals surface area contributed by atoms with Crippen molar-refractivity contribution < 1.29 is 14.8 Å². The number of anilines is 1. The number of benzene rings is 1. The number of carbonyl (C=O) groups is 1. The predicted octanol–water partition coefficient (Wildman–Crippen LogP) is 0.194. The second-order valence-electron chi connectivity index (χ2n) is 7.09. The predicted molar refractivity (Wildman–Crippen MR) is 116 cm³/mol. The zero-order chi connectivity index (χ0) is 22.1. The van der Waals surface area contributed by atoms with Gasteiger partial charge < -0.3 is 21.1 Å². The number of nitrogens with zero attached hydrogens (tertiary/aromatic N) is 5. The van der Waals surface area contributed by atoms with E-state index in [0.29, 0.717) is 34.9 Å². The van der Waals surface area contributed by atoms with Crippen LogP contribution in [-0.2, 0) is 6.54 Å². The molecule has 1 aromatic carbocycles. The summed E-state index contributed by atoms with van der Waals surface area (Å²) in [4.78, 5) is 20.8. The third-order valence-electron chi connectivity index (χ3n) is 5.00.